The third-order valence-electron chi connectivity index (χ3n) is 4.04. The van der Waals surface area contributed by atoms with Gasteiger partial charge in [-0.3, -0.25) is 14.2 Å². The number of ether oxygens (including phenoxy) is 1. The van der Waals surface area contributed by atoms with E-state index in [1.807, 2.05) is 49.6 Å². The van der Waals surface area contributed by atoms with Crippen LogP contribution in [-0.4, -0.2) is 41.0 Å². The van der Waals surface area contributed by atoms with Crippen molar-refractivity contribution >= 4 is 39.2 Å². The molecule has 1 amide bonds. The largest absolute Gasteiger partial charge is 0.383 e. The third kappa shape index (κ3) is 4.63. The molecule has 0 atom stereocenters. The first-order valence-electron chi connectivity index (χ1n) is 8.99. The predicted molar refractivity (Wildman–Crippen MR) is 115 cm³/mol. The van der Waals surface area contributed by atoms with Gasteiger partial charge in [-0.25, -0.2) is 4.98 Å². The molecule has 0 aliphatic carbocycles. The minimum absolute atomic E-state index is 0.0740. The molecule has 1 aromatic carbocycles. The summed E-state index contributed by atoms with van der Waals surface area (Å²) in [6.07, 6.45) is 0. The van der Waals surface area contributed by atoms with Gasteiger partial charge in [-0.05, 0) is 19.4 Å². The number of nitrogens with one attached hydrogen (secondary N) is 1. The molecule has 0 radical (unpaired) electrons. The number of amides is 1. The SMILES string of the molecule is COCCn1c(SCC(=O)NC(C)C)nc2scc(-c3ccccc3)c2c1=O. The van der Waals surface area contributed by atoms with E-state index in [4.69, 9.17) is 9.72 Å². The van der Waals surface area contributed by atoms with E-state index in [0.717, 1.165) is 11.1 Å². The maximum atomic E-state index is 13.3. The predicted octanol–water partition coefficient (Wildman–Crippen LogP) is 3.39. The van der Waals surface area contributed by atoms with Gasteiger partial charge in [0.15, 0.2) is 5.16 Å². The lowest BCUT2D eigenvalue weighted by Gasteiger charge is -2.13. The number of fused-ring (bicyclic) bond motifs is 1. The van der Waals surface area contributed by atoms with E-state index >= 15 is 0 Å². The molecule has 0 aliphatic rings. The zero-order valence-corrected chi connectivity index (χ0v) is 17.7. The molecule has 2 aromatic heterocycles. The molecular formula is C20H23N3O3S2. The number of hydrogen-bond donors (Lipinski definition) is 1. The molecule has 148 valence electrons. The van der Waals surface area contributed by atoms with Gasteiger partial charge in [-0.2, -0.15) is 0 Å². The Bertz CT molecular complexity index is 1010. The standard InChI is InChI=1S/C20H23N3O3S2/c1-13(2)21-16(24)12-28-20-22-18-17(19(25)23(20)9-10-26-3)15(11-27-18)14-7-5-4-6-8-14/h4-8,11,13H,9-10,12H2,1-3H3,(H,21,24). The van der Waals surface area contributed by atoms with Crippen molar-refractivity contribution in [3.63, 3.8) is 0 Å². The second-order valence-corrected chi connectivity index (χ2v) is 8.35. The van der Waals surface area contributed by atoms with Crippen molar-refractivity contribution in [2.45, 2.75) is 31.6 Å². The van der Waals surface area contributed by atoms with Gasteiger partial charge in [0.1, 0.15) is 4.83 Å². The average Bonchev–Trinajstić information content (AvgIpc) is 3.10. The molecule has 28 heavy (non-hydrogen) atoms. The molecule has 0 saturated carbocycles. The zero-order valence-electron chi connectivity index (χ0n) is 16.1. The van der Waals surface area contributed by atoms with E-state index in [9.17, 15) is 9.59 Å². The van der Waals surface area contributed by atoms with Crippen molar-refractivity contribution < 1.29 is 9.53 Å². The molecule has 3 rings (SSSR count). The number of benzene rings is 1. The number of methoxy groups -OCH3 is 1. The van der Waals surface area contributed by atoms with Crippen LogP contribution in [0.1, 0.15) is 13.8 Å². The second kappa shape index (κ2) is 9.36. The molecule has 3 aromatic rings. The van der Waals surface area contributed by atoms with Gasteiger partial charge in [0.05, 0.1) is 24.3 Å². The van der Waals surface area contributed by atoms with Crippen LogP contribution in [0.4, 0.5) is 0 Å². The highest BCUT2D eigenvalue weighted by Gasteiger charge is 2.18. The Balaban J connectivity index is 2.02. The lowest BCUT2D eigenvalue weighted by atomic mass is 10.1. The minimum Gasteiger partial charge on any atom is -0.383 e. The molecule has 0 unspecified atom stereocenters. The van der Waals surface area contributed by atoms with Crippen LogP contribution in [0.5, 0.6) is 0 Å². The minimum atomic E-state index is -0.103. The van der Waals surface area contributed by atoms with Crippen LogP contribution in [0.2, 0.25) is 0 Å². The summed E-state index contributed by atoms with van der Waals surface area (Å²) in [5.74, 6) is 0.129. The van der Waals surface area contributed by atoms with Gasteiger partial charge in [-0.1, -0.05) is 42.1 Å². The fraction of sp³-hybridized carbons (Fsp3) is 0.350. The monoisotopic (exact) mass is 417 g/mol. The summed E-state index contributed by atoms with van der Waals surface area (Å²) in [5.41, 5.74) is 1.77. The molecular weight excluding hydrogens is 394 g/mol. The Morgan fingerprint density at radius 2 is 2.07 bits per heavy atom. The van der Waals surface area contributed by atoms with Crippen molar-refractivity contribution in [3.8, 4) is 11.1 Å². The summed E-state index contributed by atoms with van der Waals surface area (Å²) >= 11 is 2.72. The van der Waals surface area contributed by atoms with E-state index in [1.165, 1.54) is 23.1 Å². The first-order chi connectivity index (χ1) is 13.5. The molecule has 8 heteroatoms. The summed E-state index contributed by atoms with van der Waals surface area (Å²) < 4.78 is 6.78. The quantitative estimate of drug-likeness (QED) is 0.449. The molecule has 2 heterocycles. The smallest absolute Gasteiger partial charge is 0.263 e. The summed E-state index contributed by atoms with van der Waals surface area (Å²) in [6.45, 7) is 4.61. The first kappa shape index (κ1) is 20.6. The number of rotatable bonds is 8. The van der Waals surface area contributed by atoms with Crippen LogP contribution in [0.25, 0.3) is 21.3 Å². The Morgan fingerprint density at radius 3 is 2.75 bits per heavy atom. The summed E-state index contributed by atoms with van der Waals surface area (Å²) in [4.78, 5) is 30.7. The maximum absolute atomic E-state index is 13.3. The number of nitrogens with zero attached hydrogens (tertiary/aromatic N) is 2. The van der Waals surface area contributed by atoms with Gasteiger partial charge >= 0.3 is 0 Å². The van der Waals surface area contributed by atoms with Crippen molar-refractivity contribution in [1.82, 2.24) is 14.9 Å². The molecule has 0 fully saturated rings. The van der Waals surface area contributed by atoms with Crippen molar-refractivity contribution in [1.29, 1.82) is 0 Å². The van der Waals surface area contributed by atoms with Gasteiger partial charge in [0, 0.05) is 24.1 Å². The number of hydrogen-bond acceptors (Lipinski definition) is 6. The number of thioether (sulfide) groups is 1. The van der Waals surface area contributed by atoms with Gasteiger partial charge in [0.2, 0.25) is 5.91 Å². The average molecular weight is 418 g/mol. The molecule has 0 spiro atoms. The number of carbonyl (C=O) groups excluding carboxylic acids is 1. The second-order valence-electron chi connectivity index (χ2n) is 6.55. The maximum Gasteiger partial charge on any atom is 0.263 e. The molecule has 0 bridgehead atoms. The summed E-state index contributed by atoms with van der Waals surface area (Å²) in [5, 5.41) is 5.97. The van der Waals surface area contributed by atoms with Crippen LogP contribution < -0.4 is 10.9 Å². The van der Waals surface area contributed by atoms with Crippen LogP contribution in [-0.2, 0) is 16.1 Å². The fourth-order valence-corrected chi connectivity index (χ4v) is 4.64. The topological polar surface area (TPSA) is 73.2 Å². The normalized spacial score (nSPS) is 11.3. The highest BCUT2D eigenvalue weighted by atomic mass is 32.2. The van der Waals surface area contributed by atoms with E-state index in [-0.39, 0.29) is 23.3 Å². The Hall–Kier alpha value is -2.16. The van der Waals surface area contributed by atoms with Crippen molar-refractivity contribution in [2.24, 2.45) is 0 Å². The van der Waals surface area contributed by atoms with E-state index < -0.39 is 0 Å². The van der Waals surface area contributed by atoms with E-state index in [2.05, 4.69) is 5.32 Å². The van der Waals surface area contributed by atoms with Crippen LogP contribution >= 0.6 is 23.1 Å². The molecule has 0 aliphatic heterocycles. The number of aromatic nitrogens is 2. The fourth-order valence-electron chi connectivity index (χ4n) is 2.82. The highest BCUT2D eigenvalue weighted by Crippen LogP contribution is 2.32. The van der Waals surface area contributed by atoms with E-state index in [0.29, 0.717) is 28.5 Å². The summed E-state index contributed by atoms with van der Waals surface area (Å²) in [6, 6.07) is 9.90. The summed E-state index contributed by atoms with van der Waals surface area (Å²) in [7, 11) is 1.60. The Kier molecular flexibility index (Phi) is 6.88. The van der Waals surface area contributed by atoms with Crippen LogP contribution in [0.15, 0.2) is 45.7 Å². The number of thiophene rings is 1. The lowest BCUT2D eigenvalue weighted by molar-refractivity contribution is -0.119. The lowest BCUT2D eigenvalue weighted by Crippen LogP contribution is -2.32. The van der Waals surface area contributed by atoms with Gasteiger partial charge < -0.3 is 10.1 Å². The Labute approximate surface area is 171 Å². The van der Waals surface area contributed by atoms with Crippen LogP contribution in [0.3, 0.4) is 0 Å². The third-order valence-corrected chi connectivity index (χ3v) is 5.89. The highest BCUT2D eigenvalue weighted by molar-refractivity contribution is 7.99. The molecule has 1 N–H and O–H groups in total. The molecule has 0 saturated heterocycles. The van der Waals surface area contributed by atoms with Gasteiger partial charge in [-0.15, -0.1) is 11.3 Å². The van der Waals surface area contributed by atoms with Crippen LogP contribution in [0, 0.1) is 0 Å². The van der Waals surface area contributed by atoms with Gasteiger partial charge in [0.25, 0.3) is 5.56 Å². The zero-order chi connectivity index (χ0) is 20.1. The number of carbonyl (C=O) groups is 1. The van der Waals surface area contributed by atoms with Crippen molar-refractivity contribution in [2.75, 3.05) is 19.5 Å². The Morgan fingerprint density at radius 1 is 1.32 bits per heavy atom. The van der Waals surface area contributed by atoms with Crippen molar-refractivity contribution in [3.05, 3.63) is 46.1 Å². The van der Waals surface area contributed by atoms with E-state index in [1.54, 1.807) is 11.7 Å². The first-order valence-corrected chi connectivity index (χ1v) is 10.9. The molecule has 6 nitrogen and oxygen atoms in total.